The van der Waals surface area contributed by atoms with Gasteiger partial charge in [0.1, 0.15) is 5.00 Å². The molecular weight excluding hydrogens is 344 g/mol. The predicted molar refractivity (Wildman–Crippen MR) is 109 cm³/mol. The van der Waals surface area contributed by atoms with Crippen LogP contribution in [-0.2, 0) is 17.6 Å². The fourth-order valence-corrected chi connectivity index (χ4v) is 4.58. The minimum atomic E-state index is -0.241. The third kappa shape index (κ3) is 3.98. The fourth-order valence-electron chi connectivity index (χ4n) is 3.23. The van der Waals surface area contributed by atoms with Crippen molar-refractivity contribution in [1.29, 1.82) is 0 Å². The maximum Gasteiger partial charge on any atom is 0.341 e. The van der Waals surface area contributed by atoms with Gasteiger partial charge in [0, 0.05) is 30.9 Å². The third-order valence-electron chi connectivity index (χ3n) is 4.71. The smallest absolute Gasteiger partial charge is 0.341 e. The van der Waals surface area contributed by atoms with E-state index in [1.807, 2.05) is 39.4 Å². The van der Waals surface area contributed by atoms with E-state index in [0.29, 0.717) is 18.1 Å². The molecule has 0 bridgehead atoms. The van der Waals surface area contributed by atoms with E-state index in [9.17, 15) is 4.79 Å². The summed E-state index contributed by atoms with van der Waals surface area (Å²) in [5.41, 5.74) is 4.00. The Morgan fingerprint density at radius 3 is 2.73 bits per heavy atom. The molecule has 0 fully saturated rings. The number of hydrogen-bond donors (Lipinski definition) is 0. The normalized spacial score (nSPS) is 16.5. The molecule has 4 nitrogen and oxygen atoms in total. The largest absolute Gasteiger partial charge is 0.462 e. The van der Waals surface area contributed by atoms with E-state index in [1.54, 1.807) is 11.3 Å². The number of fused-ring (bicyclic) bond motifs is 1. The van der Waals surface area contributed by atoms with Crippen LogP contribution in [0.25, 0.3) is 0 Å². The van der Waals surface area contributed by atoms with Crippen LogP contribution >= 0.6 is 11.3 Å². The number of ether oxygens (including phenoxy) is 1. The number of carbonyl (C=O) groups is 1. The summed E-state index contributed by atoms with van der Waals surface area (Å²) in [5.74, 6) is 0.418. The number of benzene rings is 1. The summed E-state index contributed by atoms with van der Waals surface area (Å²) in [6.07, 6.45) is 4.92. The minimum Gasteiger partial charge on any atom is -0.462 e. The van der Waals surface area contributed by atoms with Crippen LogP contribution in [0.2, 0.25) is 0 Å². The lowest BCUT2D eigenvalue weighted by Gasteiger charge is -2.18. The average Bonchev–Trinajstić information content (AvgIpc) is 2.98. The van der Waals surface area contributed by atoms with Gasteiger partial charge in [-0.3, -0.25) is 0 Å². The molecule has 1 aliphatic carbocycles. The van der Waals surface area contributed by atoms with E-state index < -0.39 is 0 Å². The van der Waals surface area contributed by atoms with Gasteiger partial charge in [-0.1, -0.05) is 19.1 Å². The Hall–Kier alpha value is -2.14. The molecule has 3 rings (SSSR count). The molecule has 0 saturated heterocycles. The van der Waals surface area contributed by atoms with Gasteiger partial charge in [-0.25, -0.2) is 9.79 Å². The lowest BCUT2D eigenvalue weighted by Crippen LogP contribution is -2.13. The first-order valence-corrected chi connectivity index (χ1v) is 9.94. The van der Waals surface area contributed by atoms with Crippen molar-refractivity contribution in [2.45, 2.75) is 33.1 Å². The summed E-state index contributed by atoms with van der Waals surface area (Å²) in [5, 5.41) is 0.777. The van der Waals surface area contributed by atoms with Crippen molar-refractivity contribution < 1.29 is 9.53 Å². The monoisotopic (exact) mass is 370 g/mol. The molecule has 1 aliphatic rings. The Balaban J connectivity index is 1.92. The molecule has 0 aliphatic heterocycles. The molecule has 0 radical (unpaired) electrons. The SMILES string of the molecule is CCOC(=O)c1c(/N=C/c2ccc(N(C)C)cc2)sc2c1CCC(C)C2. The lowest BCUT2D eigenvalue weighted by molar-refractivity contribution is 0.0526. The molecule has 138 valence electrons. The van der Waals surface area contributed by atoms with Crippen LogP contribution in [0.3, 0.4) is 0 Å². The van der Waals surface area contributed by atoms with Crippen LogP contribution in [0.5, 0.6) is 0 Å². The molecule has 1 heterocycles. The number of anilines is 1. The zero-order valence-electron chi connectivity index (χ0n) is 15.9. The second kappa shape index (κ2) is 8.04. The van der Waals surface area contributed by atoms with Crippen molar-refractivity contribution in [3.8, 4) is 0 Å². The van der Waals surface area contributed by atoms with E-state index in [-0.39, 0.29) is 5.97 Å². The van der Waals surface area contributed by atoms with Crippen molar-refractivity contribution in [3.63, 3.8) is 0 Å². The maximum atomic E-state index is 12.5. The van der Waals surface area contributed by atoms with Gasteiger partial charge in [-0.2, -0.15) is 0 Å². The van der Waals surface area contributed by atoms with Crippen LogP contribution in [0.4, 0.5) is 10.7 Å². The average molecular weight is 371 g/mol. The Morgan fingerprint density at radius 1 is 1.35 bits per heavy atom. The predicted octanol–water partition coefficient (Wildman–Crippen LogP) is 4.87. The van der Waals surface area contributed by atoms with Crippen molar-refractivity contribution in [2.24, 2.45) is 10.9 Å². The number of aliphatic imine (C=N–C) groups is 1. The zero-order chi connectivity index (χ0) is 18.7. The lowest BCUT2D eigenvalue weighted by atomic mass is 9.88. The molecule has 5 heteroatoms. The molecule has 0 amide bonds. The zero-order valence-corrected chi connectivity index (χ0v) is 16.7. The maximum absolute atomic E-state index is 12.5. The summed E-state index contributed by atoms with van der Waals surface area (Å²) >= 11 is 1.64. The minimum absolute atomic E-state index is 0.241. The van der Waals surface area contributed by atoms with E-state index in [4.69, 9.17) is 4.74 Å². The van der Waals surface area contributed by atoms with Gasteiger partial charge >= 0.3 is 5.97 Å². The van der Waals surface area contributed by atoms with Crippen LogP contribution in [-0.4, -0.2) is 32.9 Å². The Labute approximate surface area is 159 Å². The van der Waals surface area contributed by atoms with Crippen LogP contribution < -0.4 is 4.90 Å². The van der Waals surface area contributed by atoms with Gasteiger partial charge in [0.15, 0.2) is 0 Å². The van der Waals surface area contributed by atoms with Gasteiger partial charge in [0.25, 0.3) is 0 Å². The third-order valence-corrected chi connectivity index (χ3v) is 5.88. The highest BCUT2D eigenvalue weighted by molar-refractivity contribution is 7.16. The van der Waals surface area contributed by atoms with Crippen molar-refractivity contribution in [3.05, 3.63) is 45.8 Å². The van der Waals surface area contributed by atoms with E-state index in [1.165, 1.54) is 4.88 Å². The van der Waals surface area contributed by atoms with Crippen LogP contribution in [0.15, 0.2) is 29.3 Å². The molecule has 0 spiro atoms. The molecule has 26 heavy (non-hydrogen) atoms. The summed E-state index contributed by atoms with van der Waals surface area (Å²) in [6, 6.07) is 8.21. The number of esters is 1. The van der Waals surface area contributed by atoms with Gasteiger partial charge < -0.3 is 9.64 Å². The Morgan fingerprint density at radius 2 is 2.08 bits per heavy atom. The molecule has 1 aromatic heterocycles. The van der Waals surface area contributed by atoms with Crippen LogP contribution in [0, 0.1) is 5.92 Å². The number of rotatable bonds is 5. The summed E-state index contributed by atoms with van der Waals surface area (Å²) in [4.78, 5) is 20.5. The first kappa shape index (κ1) is 18.6. The van der Waals surface area contributed by atoms with Gasteiger partial charge in [-0.05, 0) is 55.4 Å². The first-order valence-electron chi connectivity index (χ1n) is 9.12. The standard InChI is InChI=1S/C21H26N2O2S/c1-5-25-21(24)19-17-11-6-14(2)12-18(17)26-20(19)22-13-15-7-9-16(10-8-15)23(3)4/h7-10,13-14H,5-6,11-12H2,1-4H3/b22-13+. The number of nitrogens with zero attached hydrogens (tertiary/aromatic N) is 2. The molecule has 1 aromatic carbocycles. The first-order chi connectivity index (χ1) is 12.5. The molecule has 0 saturated carbocycles. The van der Waals surface area contributed by atoms with Crippen molar-refractivity contribution in [1.82, 2.24) is 0 Å². The molecule has 0 N–H and O–H groups in total. The number of hydrogen-bond acceptors (Lipinski definition) is 5. The van der Waals surface area contributed by atoms with Crippen molar-refractivity contribution in [2.75, 3.05) is 25.6 Å². The molecule has 2 aromatic rings. The second-order valence-electron chi connectivity index (χ2n) is 7.00. The quantitative estimate of drug-likeness (QED) is 0.557. The number of carbonyl (C=O) groups excluding carboxylic acids is 1. The highest BCUT2D eigenvalue weighted by Crippen LogP contribution is 2.41. The van der Waals surface area contributed by atoms with E-state index in [0.717, 1.165) is 41.1 Å². The number of thiophene rings is 1. The highest BCUT2D eigenvalue weighted by atomic mass is 32.1. The Bertz CT molecular complexity index is 806. The Kier molecular flexibility index (Phi) is 5.77. The summed E-state index contributed by atoms with van der Waals surface area (Å²) in [7, 11) is 4.04. The van der Waals surface area contributed by atoms with E-state index >= 15 is 0 Å². The van der Waals surface area contributed by atoms with Gasteiger partial charge in [0.05, 0.1) is 12.2 Å². The topological polar surface area (TPSA) is 41.9 Å². The fraction of sp³-hybridized carbons (Fsp3) is 0.429. The molecule has 1 atom stereocenters. The summed E-state index contributed by atoms with van der Waals surface area (Å²) < 4.78 is 5.30. The highest BCUT2D eigenvalue weighted by Gasteiger charge is 2.28. The molecular formula is C21H26N2O2S. The van der Waals surface area contributed by atoms with Crippen molar-refractivity contribution >= 4 is 34.2 Å². The molecule has 1 unspecified atom stereocenters. The summed E-state index contributed by atoms with van der Waals surface area (Å²) in [6.45, 7) is 4.49. The van der Waals surface area contributed by atoms with E-state index in [2.05, 4.69) is 28.9 Å². The van der Waals surface area contributed by atoms with Crippen LogP contribution in [0.1, 0.15) is 46.6 Å². The second-order valence-corrected chi connectivity index (χ2v) is 8.08. The van der Waals surface area contributed by atoms with Gasteiger partial charge in [-0.15, -0.1) is 11.3 Å². The van der Waals surface area contributed by atoms with Gasteiger partial charge in [0.2, 0.25) is 0 Å².